The molecule has 1 aliphatic carbocycles. The lowest BCUT2D eigenvalue weighted by Gasteiger charge is -2.12. The number of carbonyl (C=O) groups is 2. The van der Waals surface area contributed by atoms with E-state index >= 15 is 0 Å². The van der Waals surface area contributed by atoms with E-state index in [4.69, 9.17) is 0 Å². The predicted molar refractivity (Wildman–Crippen MR) is 77.6 cm³/mol. The molecule has 1 aliphatic rings. The number of esters is 1. The SMILES string of the molecule is COC(=O)c1ccc(C)c(NC(=O)C[C@H]2C=CCC2)c1. The first-order valence-corrected chi connectivity index (χ1v) is 6.75. The fraction of sp³-hybridized carbons (Fsp3) is 0.375. The maximum absolute atomic E-state index is 12.0. The summed E-state index contributed by atoms with van der Waals surface area (Å²) in [5, 5.41) is 2.88. The van der Waals surface area contributed by atoms with E-state index in [0.29, 0.717) is 23.6 Å². The highest BCUT2D eigenvalue weighted by atomic mass is 16.5. The van der Waals surface area contributed by atoms with Crippen molar-refractivity contribution < 1.29 is 14.3 Å². The van der Waals surface area contributed by atoms with Crippen molar-refractivity contribution in [3.8, 4) is 0 Å². The van der Waals surface area contributed by atoms with Crippen molar-refractivity contribution in [1.82, 2.24) is 0 Å². The number of aryl methyl sites for hydroxylation is 1. The second kappa shape index (κ2) is 6.37. The van der Waals surface area contributed by atoms with Crippen LogP contribution in [-0.2, 0) is 9.53 Å². The molecule has 0 aromatic heterocycles. The number of ether oxygens (including phenoxy) is 1. The van der Waals surface area contributed by atoms with Gasteiger partial charge in [-0.2, -0.15) is 0 Å². The Kier molecular flexibility index (Phi) is 4.56. The zero-order valence-electron chi connectivity index (χ0n) is 11.8. The van der Waals surface area contributed by atoms with Crippen LogP contribution in [0.4, 0.5) is 5.69 Å². The lowest BCUT2D eigenvalue weighted by Crippen LogP contribution is -2.16. The molecule has 0 heterocycles. The molecule has 1 aromatic rings. The summed E-state index contributed by atoms with van der Waals surface area (Å²) in [5.74, 6) is -0.0926. The van der Waals surface area contributed by atoms with Gasteiger partial charge in [-0.05, 0) is 43.4 Å². The molecule has 0 spiro atoms. The predicted octanol–water partition coefficient (Wildman–Crippen LogP) is 3.08. The van der Waals surface area contributed by atoms with Crippen molar-refractivity contribution >= 4 is 17.6 Å². The van der Waals surface area contributed by atoms with Gasteiger partial charge >= 0.3 is 5.97 Å². The molecule has 0 saturated heterocycles. The molecule has 20 heavy (non-hydrogen) atoms. The third kappa shape index (κ3) is 3.47. The molecular formula is C16H19NO3. The lowest BCUT2D eigenvalue weighted by molar-refractivity contribution is -0.116. The molecule has 0 saturated carbocycles. The number of allylic oxidation sites excluding steroid dienone is 2. The molecule has 4 nitrogen and oxygen atoms in total. The molecular weight excluding hydrogens is 254 g/mol. The van der Waals surface area contributed by atoms with Crippen LogP contribution in [0.2, 0.25) is 0 Å². The van der Waals surface area contributed by atoms with E-state index < -0.39 is 5.97 Å². The number of nitrogens with one attached hydrogen (secondary N) is 1. The van der Waals surface area contributed by atoms with E-state index in [0.717, 1.165) is 18.4 Å². The third-order valence-corrected chi connectivity index (χ3v) is 3.49. The van der Waals surface area contributed by atoms with E-state index in [2.05, 4.69) is 22.2 Å². The largest absolute Gasteiger partial charge is 0.465 e. The maximum atomic E-state index is 12.0. The minimum Gasteiger partial charge on any atom is -0.465 e. The average Bonchev–Trinajstić information content (AvgIpc) is 2.93. The van der Waals surface area contributed by atoms with E-state index in [1.165, 1.54) is 7.11 Å². The first kappa shape index (κ1) is 14.3. The molecule has 2 rings (SSSR count). The number of carbonyl (C=O) groups excluding carboxylic acids is 2. The van der Waals surface area contributed by atoms with Crippen molar-refractivity contribution in [3.63, 3.8) is 0 Å². The number of hydrogen-bond donors (Lipinski definition) is 1. The topological polar surface area (TPSA) is 55.4 Å². The fourth-order valence-electron chi connectivity index (χ4n) is 2.31. The molecule has 0 unspecified atom stereocenters. The Bertz CT molecular complexity index is 549. The number of rotatable bonds is 4. The van der Waals surface area contributed by atoms with Crippen LogP contribution in [-0.4, -0.2) is 19.0 Å². The van der Waals surface area contributed by atoms with Gasteiger partial charge in [-0.15, -0.1) is 0 Å². The van der Waals surface area contributed by atoms with Crippen molar-refractivity contribution in [3.05, 3.63) is 41.5 Å². The van der Waals surface area contributed by atoms with Crippen LogP contribution in [0.25, 0.3) is 0 Å². The van der Waals surface area contributed by atoms with Gasteiger partial charge in [0.25, 0.3) is 0 Å². The summed E-state index contributed by atoms with van der Waals surface area (Å²) < 4.78 is 4.68. The molecule has 4 heteroatoms. The Balaban J connectivity index is 2.05. The summed E-state index contributed by atoms with van der Waals surface area (Å²) >= 11 is 0. The van der Waals surface area contributed by atoms with Gasteiger partial charge in [0.15, 0.2) is 0 Å². The summed E-state index contributed by atoms with van der Waals surface area (Å²) in [6.07, 6.45) is 6.78. The number of hydrogen-bond acceptors (Lipinski definition) is 3. The normalized spacial score (nSPS) is 17.0. The Hall–Kier alpha value is -2.10. The summed E-state index contributed by atoms with van der Waals surface area (Å²) in [7, 11) is 1.34. The third-order valence-electron chi connectivity index (χ3n) is 3.49. The van der Waals surface area contributed by atoms with Gasteiger partial charge in [0.2, 0.25) is 5.91 Å². The minimum absolute atomic E-state index is 0.0216. The zero-order chi connectivity index (χ0) is 14.5. The van der Waals surface area contributed by atoms with Crippen LogP contribution in [0, 0.1) is 12.8 Å². The Labute approximate surface area is 118 Å². The Morgan fingerprint density at radius 2 is 2.20 bits per heavy atom. The summed E-state index contributed by atoms with van der Waals surface area (Å²) in [6.45, 7) is 1.89. The molecule has 1 N–H and O–H groups in total. The molecule has 1 amide bonds. The van der Waals surface area contributed by atoms with Crippen molar-refractivity contribution in [2.45, 2.75) is 26.2 Å². The van der Waals surface area contributed by atoms with E-state index in [-0.39, 0.29) is 5.91 Å². The van der Waals surface area contributed by atoms with E-state index in [1.807, 2.05) is 6.92 Å². The molecule has 0 bridgehead atoms. The van der Waals surface area contributed by atoms with E-state index in [1.54, 1.807) is 18.2 Å². The van der Waals surface area contributed by atoms with Gasteiger partial charge in [0.05, 0.1) is 12.7 Å². The second-order valence-electron chi connectivity index (χ2n) is 5.04. The standard InChI is InChI=1S/C16H19NO3/c1-11-7-8-13(16(19)20-2)10-14(11)17-15(18)9-12-5-3-4-6-12/h3,5,7-8,10,12H,4,6,9H2,1-2H3,(H,17,18)/t12-/m0/s1. The van der Waals surface area contributed by atoms with Crippen LogP contribution in [0.1, 0.15) is 35.2 Å². The fourth-order valence-corrected chi connectivity index (χ4v) is 2.31. The van der Waals surface area contributed by atoms with Crippen LogP contribution in [0.3, 0.4) is 0 Å². The first-order chi connectivity index (χ1) is 9.60. The molecule has 0 aliphatic heterocycles. The molecule has 1 aromatic carbocycles. The smallest absolute Gasteiger partial charge is 0.337 e. The Morgan fingerprint density at radius 1 is 1.40 bits per heavy atom. The van der Waals surface area contributed by atoms with Crippen LogP contribution < -0.4 is 5.32 Å². The monoisotopic (exact) mass is 273 g/mol. The average molecular weight is 273 g/mol. The highest BCUT2D eigenvalue weighted by Crippen LogP contribution is 2.22. The lowest BCUT2D eigenvalue weighted by atomic mass is 10.0. The number of amides is 1. The first-order valence-electron chi connectivity index (χ1n) is 6.75. The molecule has 0 fully saturated rings. The quantitative estimate of drug-likeness (QED) is 0.677. The number of benzene rings is 1. The second-order valence-corrected chi connectivity index (χ2v) is 5.04. The highest BCUT2D eigenvalue weighted by Gasteiger charge is 2.15. The van der Waals surface area contributed by atoms with Crippen molar-refractivity contribution in [1.29, 1.82) is 0 Å². The number of anilines is 1. The van der Waals surface area contributed by atoms with Crippen LogP contribution >= 0.6 is 0 Å². The molecule has 106 valence electrons. The van der Waals surface area contributed by atoms with Crippen LogP contribution in [0.5, 0.6) is 0 Å². The summed E-state index contributed by atoms with van der Waals surface area (Å²) in [4.78, 5) is 23.5. The van der Waals surface area contributed by atoms with Crippen LogP contribution in [0.15, 0.2) is 30.4 Å². The van der Waals surface area contributed by atoms with Gasteiger partial charge in [-0.3, -0.25) is 4.79 Å². The van der Waals surface area contributed by atoms with Gasteiger partial charge in [0.1, 0.15) is 0 Å². The van der Waals surface area contributed by atoms with Gasteiger partial charge in [-0.1, -0.05) is 18.2 Å². The maximum Gasteiger partial charge on any atom is 0.337 e. The minimum atomic E-state index is -0.403. The van der Waals surface area contributed by atoms with Crippen molar-refractivity contribution in [2.24, 2.45) is 5.92 Å². The van der Waals surface area contributed by atoms with E-state index in [9.17, 15) is 9.59 Å². The Morgan fingerprint density at radius 3 is 2.85 bits per heavy atom. The summed E-state index contributed by atoms with van der Waals surface area (Å²) in [5.41, 5.74) is 2.03. The zero-order valence-corrected chi connectivity index (χ0v) is 11.8. The van der Waals surface area contributed by atoms with Crippen molar-refractivity contribution in [2.75, 3.05) is 12.4 Å². The highest BCUT2D eigenvalue weighted by molar-refractivity contribution is 5.95. The van der Waals surface area contributed by atoms with Gasteiger partial charge in [-0.25, -0.2) is 4.79 Å². The number of methoxy groups -OCH3 is 1. The van der Waals surface area contributed by atoms with Gasteiger partial charge < -0.3 is 10.1 Å². The molecule has 1 atom stereocenters. The summed E-state index contributed by atoms with van der Waals surface area (Å²) in [6, 6.07) is 5.15. The molecule has 0 radical (unpaired) electrons. The van der Waals surface area contributed by atoms with Gasteiger partial charge in [0, 0.05) is 12.1 Å².